The van der Waals surface area contributed by atoms with Crippen LogP contribution in [0.2, 0.25) is 0 Å². The van der Waals surface area contributed by atoms with Gasteiger partial charge in [0, 0.05) is 4.88 Å². The number of carbonyl (C=O) groups is 2. The van der Waals surface area contributed by atoms with E-state index in [1.165, 1.54) is 16.9 Å². The lowest BCUT2D eigenvalue weighted by Gasteiger charge is -2.15. The number of hydrogen-bond acceptors (Lipinski definition) is 4. The Labute approximate surface area is 151 Å². The van der Waals surface area contributed by atoms with E-state index in [1.807, 2.05) is 32.0 Å². The maximum Gasteiger partial charge on any atom is 0.265 e. The molecule has 1 aliphatic carbocycles. The van der Waals surface area contributed by atoms with Crippen molar-refractivity contribution in [3.05, 3.63) is 45.3 Å². The third-order valence-corrected chi connectivity index (χ3v) is 5.77. The van der Waals surface area contributed by atoms with Gasteiger partial charge in [0.2, 0.25) is 0 Å². The molecule has 0 bridgehead atoms. The molecule has 3 N–H and O–H groups in total. The Morgan fingerprint density at radius 3 is 2.68 bits per heavy atom. The fourth-order valence-corrected chi connectivity index (χ4v) is 4.31. The average Bonchev–Trinajstić information content (AvgIpc) is 3.10. The zero-order valence-corrected chi connectivity index (χ0v) is 15.5. The lowest BCUT2D eigenvalue weighted by molar-refractivity contribution is -0.122. The maximum atomic E-state index is 12.5. The van der Waals surface area contributed by atoms with Gasteiger partial charge in [-0.3, -0.25) is 9.59 Å². The van der Waals surface area contributed by atoms with Crippen molar-refractivity contribution in [3.8, 4) is 5.75 Å². The van der Waals surface area contributed by atoms with E-state index in [-0.39, 0.29) is 5.91 Å². The Bertz CT molecular complexity index is 841. The number of amides is 2. The van der Waals surface area contributed by atoms with Crippen molar-refractivity contribution in [2.45, 2.75) is 46.1 Å². The molecule has 2 amide bonds. The third-order valence-electron chi connectivity index (χ3n) is 4.56. The summed E-state index contributed by atoms with van der Waals surface area (Å²) in [6.07, 6.45) is 2.13. The average molecular weight is 358 g/mol. The minimum Gasteiger partial charge on any atom is -0.481 e. The standard InChI is InChI=1S/C19H22N2O3S/c1-10-7-8-13(9-11(10)2)24-12(3)18(23)21-19-16(17(20)22)14-5-4-6-15(14)25-19/h7-9,12H,4-6H2,1-3H3,(H2,20,22)(H,21,23). The number of carbonyl (C=O) groups excluding carboxylic acids is 2. The van der Waals surface area contributed by atoms with E-state index in [0.717, 1.165) is 35.3 Å². The zero-order chi connectivity index (χ0) is 18.1. The number of hydrogen-bond donors (Lipinski definition) is 2. The molecule has 1 unspecified atom stereocenters. The van der Waals surface area contributed by atoms with Crippen molar-refractivity contribution in [1.82, 2.24) is 0 Å². The van der Waals surface area contributed by atoms with Gasteiger partial charge < -0.3 is 15.8 Å². The molecule has 1 aromatic heterocycles. The van der Waals surface area contributed by atoms with Crippen molar-refractivity contribution in [1.29, 1.82) is 0 Å². The fraction of sp³-hybridized carbons (Fsp3) is 0.368. The molecule has 3 rings (SSSR count). The monoisotopic (exact) mass is 358 g/mol. The lowest BCUT2D eigenvalue weighted by atomic mass is 10.1. The van der Waals surface area contributed by atoms with Gasteiger partial charge in [0.15, 0.2) is 6.10 Å². The summed E-state index contributed by atoms with van der Waals surface area (Å²) in [6.45, 7) is 5.71. The van der Waals surface area contributed by atoms with Crippen molar-refractivity contribution >= 4 is 28.2 Å². The number of primary amides is 1. The number of aryl methyl sites for hydroxylation is 3. The molecule has 1 aliphatic rings. The Kier molecular flexibility index (Phi) is 4.81. The van der Waals surface area contributed by atoms with E-state index >= 15 is 0 Å². The molecule has 0 spiro atoms. The number of rotatable bonds is 5. The number of thiophene rings is 1. The van der Waals surface area contributed by atoms with Gasteiger partial charge in [-0.2, -0.15) is 0 Å². The van der Waals surface area contributed by atoms with Gasteiger partial charge in [-0.25, -0.2) is 0 Å². The summed E-state index contributed by atoms with van der Waals surface area (Å²) in [7, 11) is 0. The highest BCUT2D eigenvalue weighted by molar-refractivity contribution is 7.17. The number of nitrogens with one attached hydrogen (secondary N) is 1. The molecule has 1 aromatic carbocycles. The molecule has 0 saturated heterocycles. The first kappa shape index (κ1) is 17.5. The van der Waals surface area contributed by atoms with Gasteiger partial charge in [0.05, 0.1) is 5.56 Å². The summed E-state index contributed by atoms with van der Waals surface area (Å²) in [4.78, 5) is 25.4. The first-order chi connectivity index (χ1) is 11.9. The zero-order valence-electron chi connectivity index (χ0n) is 14.6. The van der Waals surface area contributed by atoms with Crippen LogP contribution in [0, 0.1) is 13.8 Å². The summed E-state index contributed by atoms with van der Waals surface area (Å²) in [6, 6.07) is 5.72. The Morgan fingerprint density at radius 1 is 1.24 bits per heavy atom. The van der Waals surface area contributed by atoms with E-state index < -0.39 is 12.0 Å². The van der Waals surface area contributed by atoms with Crippen LogP contribution in [0.4, 0.5) is 5.00 Å². The Morgan fingerprint density at radius 2 is 2.00 bits per heavy atom. The minimum atomic E-state index is -0.681. The van der Waals surface area contributed by atoms with Crippen LogP contribution < -0.4 is 15.8 Å². The first-order valence-corrected chi connectivity index (χ1v) is 9.17. The van der Waals surface area contributed by atoms with E-state index in [0.29, 0.717) is 16.3 Å². The number of nitrogens with two attached hydrogens (primary N) is 1. The fourth-order valence-electron chi connectivity index (χ4n) is 3.01. The van der Waals surface area contributed by atoms with Crippen LogP contribution in [0.15, 0.2) is 18.2 Å². The molecule has 0 aliphatic heterocycles. The smallest absolute Gasteiger partial charge is 0.265 e. The molecule has 132 valence electrons. The molecule has 0 radical (unpaired) electrons. The highest BCUT2D eigenvalue weighted by Crippen LogP contribution is 2.38. The van der Waals surface area contributed by atoms with Gasteiger partial charge in [0.1, 0.15) is 10.8 Å². The predicted octanol–water partition coefficient (Wildman–Crippen LogP) is 3.36. The van der Waals surface area contributed by atoms with Crippen LogP contribution in [0.3, 0.4) is 0 Å². The van der Waals surface area contributed by atoms with Crippen LogP contribution in [-0.4, -0.2) is 17.9 Å². The molecule has 1 heterocycles. The van der Waals surface area contributed by atoms with Gasteiger partial charge in [-0.05, 0) is 68.9 Å². The second-order valence-electron chi connectivity index (χ2n) is 6.42. The van der Waals surface area contributed by atoms with E-state index in [1.54, 1.807) is 6.92 Å². The summed E-state index contributed by atoms with van der Waals surface area (Å²) in [5.41, 5.74) is 9.26. The van der Waals surface area contributed by atoms with E-state index in [4.69, 9.17) is 10.5 Å². The quantitative estimate of drug-likeness (QED) is 0.860. The minimum absolute atomic E-state index is 0.291. The van der Waals surface area contributed by atoms with Crippen molar-refractivity contribution in [2.24, 2.45) is 5.73 Å². The molecular formula is C19H22N2O3S. The van der Waals surface area contributed by atoms with Crippen LogP contribution in [0.1, 0.15) is 45.3 Å². The largest absolute Gasteiger partial charge is 0.481 e. The van der Waals surface area contributed by atoms with Crippen LogP contribution in [0.5, 0.6) is 5.75 Å². The second kappa shape index (κ2) is 6.88. The van der Waals surface area contributed by atoms with Crippen LogP contribution in [0.25, 0.3) is 0 Å². The predicted molar refractivity (Wildman–Crippen MR) is 99.5 cm³/mol. The lowest BCUT2D eigenvalue weighted by Crippen LogP contribution is -2.30. The van der Waals surface area contributed by atoms with Crippen molar-refractivity contribution < 1.29 is 14.3 Å². The Hall–Kier alpha value is -2.34. The molecule has 6 heteroatoms. The molecular weight excluding hydrogens is 336 g/mol. The molecule has 0 saturated carbocycles. The van der Waals surface area contributed by atoms with Gasteiger partial charge in [-0.1, -0.05) is 6.07 Å². The Balaban J connectivity index is 1.74. The molecule has 2 aromatic rings. The van der Waals surface area contributed by atoms with Gasteiger partial charge in [-0.15, -0.1) is 11.3 Å². The normalized spacial score (nSPS) is 14.0. The maximum absolute atomic E-state index is 12.5. The second-order valence-corrected chi connectivity index (χ2v) is 7.53. The van der Waals surface area contributed by atoms with E-state index in [9.17, 15) is 9.59 Å². The van der Waals surface area contributed by atoms with E-state index in [2.05, 4.69) is 5.32 Å². The number of ether oxygens (including phenoxy) is 1. The summed E-state index contributed by atoms with van der Waals surface area (Å²) in [5.74, 6) is -0.132. The highest BCUT2D eigenvalue weighted by atomic mass is 32.1. The third kappa shape index (κ3) is 3.54. The van der Waals surface area contributed by atoms with Crippen LogP contribution >= 0.6 is 11.3 Å². The number of anilines is 1. The highest BCUT2D eigenvalue weighted by Gasteiger charge is 2.27. The van der Waals surface area contributed by atoms with Gasteiger partial charge in [0.25, 0.3) is 11.8 Å². The SMILES string of the molecule is Cc1ccc(OC(C)C(=O)Nc2sc3c(c2C(N)=O)CCC3)cc1C. The first-order valence-electron chi connectivity index (χ1n) is 8.36. The molecule has 5 nitrogen and oxygen atoms in total. The number of benzene rings is 1. The molecule has 25 heavy (non-hydrogen) atoms. The summed E-state index contributed by atoms with van der Waals surface area (Å²) >= 11 is 1.45. The number of fused-ring (bicyclic) bond motifs is 1. The van der Waals surface area contributed by atoms with Crippen molar-refractivity contribution in [3.63, 3.8) is 0 Å². The molecule has 1 atom stereocenters. The topological polar surface area (TPSA) is 81.4 Å². The van der Waals surface area contributed by atoms with Gasteiger partial charge >= 0.3 is 0 Å². The summed E-state index contributed by atoms with van der Waals surface area (Å²) in [5, 5.41) is 3.36. The van der Waals surface area contributed by atoms with Crippen LogP contribution in [-0.2, 0) is 17.6 Å². The van der Waals surface area contributed by atoms with Crippen molar-refractivity contribution in [2.75, 3.05) is 5.32 Å². The summed E-state index contributed by atoms with van der Waals surface area (Å²) < 4.78 is 5.74. The molecule has 0 fully saturated rings.